The Hall–Kier alpha value is -7.50. The summed E-state index contributed by atoms with van der Waals surface area (Å²) in [6.07, 6.45) is 0. The highest BCUT2D eigenvalue weighted by atomic mass is 16.6. The zero-order chi connectivity index (χ0) is 41.7. The molecule has 296 valence electrons. The molecule has 0 unspecified atom stereocenters. The summed E-state index contributed by atoms with van der Waals surface area (Å²) in [6.45, 7) is 8.86. The molecule has 9 aromatic rings. The third kappa shape index (κ3) is 5.69. The average molecular weight is 799 g/mol. The van der Waals surface area contributed by atoms with E-state index in [0.717, 1.165) is 28.2 Å². The van der Waals surface area contributed by atoms with E-state index in [2.05, 4.69) is 201 Å². The number of ether oxygens (including phenoxy) is 2. The van der Waals surface area contributed by atoms with Crippen LogP contribution in [0.25, 0.3) is 44.2 Å². The van der Waals surface area contributed by atoms with Gasteiger partial charge in [0.2, 0.25) is 0 Å². The SMILES string of the molecule is Cc1cc(-c2ccccc2)ccc1N1c2cc3c(cc2B2c4c(cc(-c5ccccc5)cc41)-c1ccc4ccccc4c1N2c1ccc(C(C)(C)C)cc1)Oc1ccccc1O3. The maximum absolute atomic E-state index is 6.75. The van der Waals surface area contributed by atoms with E-state index in [-0.39, 0.29) is 12.3 Å². The van der Waals surface area contributed by atoms with Crippen molar-refractivity contribution in [3.05, 3.63) is 199 Å². The van der Waals surface area contributed by atoms with Crippen LogP contribution in [0.3, 0.4) is 0 Å². The van der Waals surface area contributed by atoms with Crippen molar-refractivity contribution >= 4 is 57.0 Å². The Morgan fingerprint density at radius 1 is 0.468 bits per heavy atom. The van der Waals surface area contributed by atoms with E-state index in [4.69, 9.17) is 9.47 Å². The van der Waals surface area contributed by atoms with Crippen molar-refractivity contribution in [1.82, 2.24) is 0 Å². The van der Waals surface area contributed by atoms with Crippen molar-refractivity contribution in [3.8, 4) is 56.4 Å². The summed E-state index contributed by atoms with van der Waals surface area (Å²) in [5, 5.41) is 2.42. The number of hydrogen-bond acceptors (Lipinski definition) is 4. The Kier molecular flexibility index (Phi) is 8.08. The van der Waals surface area contributed by atoms with Crippen LogP contribution in [0, 0.1) is 6.92 Å². The molecule has 3 aliphatic rings. The van der Waals surface area contributed by atoms with Gasteiger partial charge in [-0.2, -0.15) is 0 Å². The lowest BCUT2D eigenvalue weighted by atomic mass is 9.43. The Morgan fingerprint density at radius 2 is 1.11 bits per heavy atom. The van der Waals surface area contributed by atoms with Crippen molar-refractivity contribution in [2.75, 3.05) is 9.71 Å². The smallest absolute Gasteiger partial charge is 0.333 e. The summed E-state index contributed by atoms with van der Waals surface area (Å²) in [7, 11) is 0. The lowest BCUT2D eigenvalue weighted by molar-refractivity contribution is 0.360. The van der Waals surface area contributed by atoms with Crippen LogP contribution in [-0.4, -0.2) is 6.85 Å². The topological polar surface area (TPSA) is 24.9 Å². The van der Waals surface area contributed by atoms with E-state index in [1.165, 1.54) is 66.4 Å². The summed E-state index contributed by atoms with van der Waals surface area (Å²) in [5.41, 5.74) is 17.7. The summed E-state index contributed by atoms with van der Waals surface area (Å²) >= 11 is 0. The van der Waals surface area contributed by atoms with Gasteiger partial charge in [-0.25, -0.2) is 0 Å². The quantitative estimate of drug-likeness (QED) is 0.166. The van der Waals surface area contributed by atoms with E-state index in [0.29, 0.717) is 23.0 Å². The maximum Gasteiger partial charge on any atom is 0.333 e. The van der Waals surface area contributed by atoms with E-state index in [9.17, 15) is 0 Å². The number of benzene rings is 9. The largest absolute Gasteiger partial charge is 0.450 e. The Bertz CT molecular complexity index is 3250. The molecule has 0 radical (unpaired) electrons. The molecule has 62 heavy (non-hydrogen) atoms. The standard InChI is InChI=1S/C57H43BN2O2/c1-36-31-40(37-15-7-5-8-16-37)24-30-48(36)59-49-35-54-53(61-51-21-13-14-22-52(51)62-54)34-47(49)58-55-46(32-41(33-50(55)59)38-17-9-6-10-18-38)45-29-23-39-19-11-12-20-44(39)56(45)60(58)43-27-25-42(26-28-43)57(2,3)4/h5-35H,1-4H3. The molecular formula is C57H43BN2O2. The number of rotatable bonds is 4. The van der Waals surface area contributed by atoms with Gasteiger partial charge in [0, 0.05) is 45.5 Å². The minimum absolute atomic E-state index is 0.0111. The molecule has 0 N–H and O–H groups in total. The zero-order valence-corrected chi connectivity index (χ0v) is 35.2. The normalized spacial score (nSPS) is 13.3. The Labute approximate surface area is 363 Å². The van der Waals surface area contributed by atoms with Gasteiger partial charge in [0.1, 0.15) is 0 Å². The first kappa shape index (κ1) is 36.4. The molecule has 5 heteroatoms. The molecule has 0 aromatic heterocycles. The molecule has 12 rings (SSSR count). The van der Waals surface area contributed by atoms with Crippen LogP contribution >= 0.6 is 0 Å². The third-order valence-electron chi connectivity index (χ3n) is 12.9. The first-order valence-electron chi connectivity index (χ1n) is 21.5. The number of hydrogen-bond donors (Lipinski definition) is 0. The average Bonchev–Trinajstić information content (AvgIpc) is 3.30. The van der Waals surface area contributed by atoms with Crippen LogP contribution in [0.15, 0.2) is 188 Å². The molecule has 3 heterocycles. The second-order valence-corrected chi connectivity index (χ2v) is 17.8. The van der Waals surface area contributed by atoms with Gasteiger partial charge in [0.05, 0.1) is 0 Å². The molecular weight excluding hydrogens is 755 g/mol. The van der Waals surface area contributed by atoms with Crippen LogP contribution in [0.1, 0.15) is 31.9 Å². The molecule has 0 saturated heterocycles. The monoisotopic (exact) mass is 798 g/mol. The predicted molar refractivity (Wildman–Crippen MR) is 259 cm³/mol. The van der Waals surface area contributed by atoms with Gasteiger partial charge < -0.3 is 19.2 Å². The highest BCUT2D eigenvalue weighted by Crippen LogP contribution is 2.53. The minimum atomic E-state index is -0.218. The van der Waals surface area contributed by atoms with Crippen LogP contribution in [0.2, 0.25) is 0 Å². The lowest BCUT2D eigenvalue weighted by Gasteiger charge is -2.47. The van der Waals surface area contributed by atoms with Gasteiger partial charge in [-0.15, -0.1) is 0 Å². The number of para-hydroxylation sites is 2. The molecule has 0 atom stereocenters. The van der Waals surface area contributed by atoms with Crippen molar-refractivity contribution < 1.29 is 9.47 Å². The van der Waals surface area contributed by atoms with Crippen molar-refractivity contribution in [1.29, 1.82) is 0 Å². The summed E-state index contributed by atoms with van der Waals surface area (Å²) < 4.78 is 13.5. The first-order chi connectivity index (χ1) is 30.3. The molecule has 0 aliphatic carbocycles. The molecule has 0 fully saturated rings. The molecule has 0 bridgehead atoms. The third-order valence-corrected chi connectivity index (χ3v) is 12.9. The highest BCUT2D eigenvalue weighted by Gasteiger charge is 2.47. The number of fused-ring (bicyclic) bond motifs is 8. The number of aryl methyl sites for hydroxylation is 1. The molecule has 3 aliphatic heterocycles. The highest BCUT2D eigenvalue weighted by molar-refractivity contribution is 6.94. The number of nitrogens with zero attached hydrogens (tertiary/aromatic N) is 2. The predicted octanol–water partition coefficient (Wildman–Crippen LogP) is 14.4. The first-order valence-corrected chi connectivity index (χ1v) is 21.5. The fraction of sp³-hybridized carbons (Fsp3) is 0.0877. The van der Waals surface area contributed by atoms with E-state index >= 15 is 0 Å². The van der Waals surface area contributed by atoms with Crippen LogP contribution < -0.4 is 30.1 Å². The van der Waals surface area contributed by atoms with Crippen molar-refractivity contribution in [2.45, 2.75) is 33.1 Å². The molecule has 0 saturated carbocycles. The Balaban J connectivity index is 1.19. The van der Waals surface area contributed by atoms with Gasteiger partial charge in [-0.3, -0.25) is 0 Å². The molecule has 4 nitrogen and oxygen atoms in total. The van der Waals surface area contributed by atoms with E-state index in [1.54, 1.807) is 0 Å². The second-order valence-electron chi connectivity index (χ2n) is 17.8. The molecule has 9 aromatic carbocycles. The van der Waals surface area contributed by atoms with Gasteiger partial charge in [0.15, 0.2) is 23.0 Å². The van der Waals surface area contributed by atoms with Crippen LogP contribution in [0.4, 0.5) is 28.4 Å². The maximum atomic E-state index is 6.75. The van der Waals surface area contributed by atoms with E-state index < -0.39 is 0 Å². The van der Waals surface area contributed by atoms with Crippen molar-refractivity contribution in [2.24, 2.45) is 0 Å². The van der Waals surface area contributed by atoms with Crippen LogP contribution in [-0.2, 0) is 5.41 Å². The Morgan fingerprint density at radius 3 is 1.81 bits per heavy atom. The summed E-state index contributed by atoms with van der Waals surface area (Å²) in [5.74, 6) is 2.81. The number of anilines is 5. The fourth-order valence-corrected chi connectivity index (χ4v) is 9.91. The van der Waals surface area contributed by atoms with Crippen LogP contribution in [0.5, 0.6) is 23.0 Å². The van der Waals surface area contributed by atoms with Gasteiger partial charge in [-0.1, -0.05) is 148 Å². The molecule has 0 spiro atoms. The lowest BCUT2D eigenvalue weighted by Crippen LogP contribution is -2.61. The fourth-order valence-electron chi connectivity index (χ4n) is 9.91. The molecule has 0 amide bonds. The minimum Gasteiger partial charge on any atom is -0.450 e. The van der Waals surface area contributed by atoms with E-state index in [1.807, 2.05) is 24.3 Å². The van der Waals surface area contributed by atoms with Gasteiger partial charge in [0.25, 0.3) is 0 Å². The van der Waals surface area contributed by atoms with Gasteiger partial charge >= 0.3 is 6.85 Å². The second kappa shape index (κ2) is 13.8. The van der Waals surface area contributed by atoms with Gasteiger partial charge in [-0.05, 0) is 122 Å². The zero-order valence-electron chi connectivity index (χ0n) is 35.2. The van der Waals surface area contributed by atoms with Crippen molar-refractivity contribution in [3.63, 3.8) is 0 Å². The summed E-state index contributed by atoms with van der Waals surface area (Å²) in [4.78, 5) is 5.09. The summed E-state index contributed by atoms with van der Waals surface area (Å²) in [6, 6.07) is 68.3.